The molecule has 0 N–H and O–H groups in total. The van der Waals surface area contributed by atoms with Crippen molar-refractivity contribution in [3.05, 3.63) is 157 Å². The smallest absolute Gasteiger partial charge is 0.160 e. The molecule has 0 saturated heterocycles. The van der Waals surface area contributed by atoms with E-state index in [1.165, 1.54) is 5.39 Å². The second-order valence-corrected chi connectivity index (χ2v) is 12.0. The molecule has 0 aliphatic heterocycles. The van der Waals surface area contributed by atoms with Gasteiger partial charge in [0, 0.05) is 49.1 Å². The first-order valence-electron chi connectivity index (χ1n) is 15.8. The molecule has 0 saturated carbocycles. The minimum absolute atomic E-state index is 0.605. The highest BCUT2D eigenvalue weighted by Gasteiger charge is 2.23. The molecule has 0 spiro atoms. The molecule has 0 atom stereocenters. The number of hydrogen-bond donors (Lipinski definition) is 0. The summed E-state index contributed by atoms with van der Waals surface area (Å²) in [6, 6.07) is 55.1. The normalized spacial score (nSPS) is 11.8. The maximum atomic E-state index is 10.5. The zero-order chi connectivity index (χ0) is 31.1. The molecule has 0 fully saturated rings. The summed E-state index contributed by atoms with van der Waals surface area (Å²) in [6.07, 6.45) is 0. The van der Waals surface area contributed by atoms with Crippen LogP contribution in [0.2, 0.25) is 0 Å². The fraction of sp³-hybridized carbons (Fsp3) is 0. The molecule has 7 aromatic carbocycles. The maximum absolute atomic E-state index is 10.5. The molecule has 0 aliphatic rings. The SMILES string of the molecule is N#Cc1cccc(-c2cccc3c2oc2c3ccc3c4ccccc4n(-c4ccccc4)c32)c1-n1c2ccccc2c2ccccc21. The Morgan fingerprint density at radius 1 is 0.426 bits per heavy atom. The minimum atomic E-state index is 0.605. The van der Waals surface area contributed by atoms with Gasteiger partial charge in [-0.1, -0.05) is 109 Å². The van der Waals surface area contributed by atoms with Crippen LogP contribution in [0, 0.1) is 11.3 Å². The van der Waals surface area contributed by atoms with Gasteiger partial charge in [-0.2, -0.15) is 5.26 Å². The van der Waals surface area contributed by atoms with E-state index in [0.717, 1.165) is 82.7 Å². The summed E-state index contributed by atoms with van der Waals surface area (Å²) in [5.74, 6) is 0. The summed E-state index contributed by atoms with van der Waals surface area (Å²) in [7, 11) is 0. The summed E-state index contributed by atoms with van der Waals surface area (Å²) in [5, 5.41) is 17.2. The third-order valence-electron chi connectivity index (χ3n) is 9.56. The highest BCUT2D eigenvalue weighted by Crippen LogP contribution is 2.44. The predicted octanol–water partition coefficient (Wildman–Crippen LogP) is 11.3. The number of hydrogen-bond acceptors (Lipinski definition) is 2. The second-order valence-electron chi connectivity index (χ2n) is 12.0. The molecule has 0 bridgehead atoms. The van der Waals surface area contributed by atoms with Crippen molar-refractivity contribution in [2.24, 2.45) is 0 Å². The Hall–Kier alpha value is -6.57. The molecule has 0 aliphatic carbocycles. The van der Waals surface area contributed by atoms with E-state index in [9.17, 15) is 5.26 Å². The quantitative estimate of drug-likeness (QED) is 0.203. The summed E-state index contributed by atoms with van der Waals surface area (Å²) in [4.78, 5) is 0. The molecule has 218 valence electrons. The Kier molecular flexibility index (Phi) is 5.32. The first-order valence-corrected chi connectivity index (χ1v) is 15.8. The van der Waals surface area contributed by atoms with E-state index in [1.54, 1.807) is 0 Å². The zero-order valence-electron chi connectivity index (χ0n) is 25.2. The van der Waals surface area contributed by atoms with E-state index in [2.05, 4.69) is 149 Å². The van der Waals surface area contributed by atoms with Crippen molar-refractivity contribution in [1.82, 2.24) is 9.13 Å². The molecule has 4 nitrogen and oxygen atoms in total. The summed E-state index contributed by atoms with van der Waals surface area (Å²) in [6.45, 7) is 0. The van der Waals surface area contributed by atoms with Crippen LogP contribution in [0.15, 0.2) is 156 Å². The van der Waals surface area contributed by atoms with Crippen molar-refractivity contribution >= 4 is 65.6 Å². The van der Waals surface area contributed by atoms with Crippen molar-refractivity contribution in [2.75, 3.05) is 0 Å². The van der Waals surface area contributed by atoms with Crippen molar-refractivity contribution in [3.63, 3.8) is 0 Å². The summed E-state index contributed by atoms with van der Waals surface area (Å²) >= 11 is 0. The second kappa shape index (κ2) is 9.71. The van der Waals surface area contributed by atoms with Crippen LogP contribution >= 0.6 is 0 Å². The Morgan fingerprint density at radius 3 is 1.66 bits per heavy atom. The van der Waals surface area contributed by atoms with Gasteiger partial charge in [0.2, 0.25) is 0 Å². The molecule has 3 heterocycles. The third kappa shape index (κ3) is 3.51. The standard InChI is InChI=1S/C43H25N3O/c44-26-27-12-10-18-32(40(27)46-38-22-8-4-15-29(38)30-16-5-9-23-39(30)46)34-19-11-20-35-36-25-24-33-31-17-6-7-21-37(31)45(28-13-2-1-3-14-28)41(33)43(36)47-42(34)35/h1-25H. The third-order valence-corrected chi connectivity index (χ3v) is 9.56. The number of nitriles is 1. The van der Waals surface area contributed by atoms with Crippen LogP contribution in [-0.4, -0.2) is 9.13 Å². The Morgan fingerprint density at radius 2 is 0.957 bits per heavy atom. The summed E-state index contributed by atoms with van der Waals surface area (Å²) in [5.41, 5.74) is 10.4. The van der Waals surface area contributed by atoms with Crippen LogP contribution in [-0.2, 0) is 0 Å². The lowest BCUT2D eigenvalue weighted by molar-refractivity contribution is 0.672. The Bertz CT molecular complexity index is 2860. The average molecular weight is 600 g/mol. The van der Waals surface area contributed by atoms with E-state index in [0.29, 0.717) is 5.56 Å². The van der Waals surface area contributed by atoms with Crippen LogP contribution < -0.4 is 0 Å². The van der Waals surface area contributed by atoms with Crippen molar-refractivity contribution in [2.45, 2.75) is 0 Å². The molecular formula is C43H25N3O. The molecule has 10 aromatic rings. The molecular weight excluding hydrogens is 574 g/mol. The minimum Gasteiger partial charge on any atom is -0.453 e. The average Bonchev–Trinajstić information content (AvgIpc) is 3.79. The molecule has 0 radical (unpaired) electrons. The first-order chi connectivity index (χ1) is 23.3. The van der Waals surface area contributed by atoms with Gasteiger partial charge in [0.25, 0.3) is 0 Å². The molecule has 10 rings (SSSR count). The molecule has 4 heteroatoms. The van der Waals surface area contributed by atoms with Crippen LogP contribution in [0.25, 0.3) is 88.1 Å². The van der Waals surface area contributed by atoms with E-state index in [1.807, 2.05) is 18.2 Å². The molecule has 47 heavy (non-hydrogen) atoms. The van der Waals surface area contributed by atoms with E-state index >= 15 is 0 Å². The lowest BCUT2D eigenvalue weighted by Crippen LogP contribution is -2.00. The van der Waals surface area contributed by atoms with Crippen LogP contribution in [0.5, 0.6) is 0 Å². The van der Waals surface area contributed by atoms with Crippen molar-refractivity contribution in [3.8, 4) is 28.6 Å². The Labute approximate surface area is 269 Å². The van der Waals surface area contributed by atoms with Gasteiger partial charge >= 0.3 is 0 Å². The van der Waals surface area contributed by atoms with Gasteiger partial charge < -0.3 is 13.6 Å². The fourth-order valence-corrected chi connectivity index (χ4v) is 7.62. The number of aromatic nitrogens is 2. The van der Waals surface area contributed by atoms with Crippen molar-refractivity contribution in [1.29, 1.82) is 5.26 Å². The number of para-hydroxylation sites is 6. The van der Waals surface area contributed by atoms with Gasteiger partial charge in [0.15, 0.2) is 5.58 Å². The van der Waals surface area contributed by atoms with Gasteiger partial charge in [-0.25, -0.2) is 0 Å². The largest absolute Gasteiger partial charge is 0.453 e. The van der Waals surface area contributed by atoms with E-state index in [4.69, 9.17) is 4.42 Å². The van der Waals surface area contributed by atoms with Crippen LogP contribution in [0.4, 0.5) is 0 Å². The first kappa shape index (κ1) is 25.7. The lowest BCUT2D eigenvalue weighted by Gasteiger charge is -2.16. The number of benzene rings is 7. The van der Waals surface area contributed by atoms with E-state index in [-0.39, 0.29) is 0 Å². The number of furan rings is 1. The molecule has 0 unspecified atom stereocenters. The lowest BCUT2D eigenvalue weighted by atomic mass is 9.97. The van der Waals surface area contributed by atoms with Gasteiger partial charge in [0.1, 0.15) is 11.7 Å². The molecule has 0 amide bonds. The number of rotatable bonds is 3. The van der Waals surface area contributed by atoms with Gasteiger partial charge in [-0.15, -0.1) is 0 Å². The molecule has 3 aromatic heterocycles. The van der Waals surface area contributed by atoms with Crippen molar-refractivity contribution < 1.29 is 4.42 Å². The number of fused-ring (bicyclic) bond motifs is 10. The van der Waals surface area contributed by atoms with Crippen LogP contribution in [0.1, 0.15) is 5.56 Å². The highest BCUT2D eigenvalue weighted by molar-refractivity contribution is 6.22. The summed E-state index contributed by atoms with van der Waals surface area (Å²) < 4.78 is 11.6. The maximum Gasteiger partial charge on any atom is 0.160 e. The fourth-order valence-electron chi connectivity index (χ4n) is 7.62. The van der Waals surface area contributed by atoms with Crippen LogP contribution in [0.3, 0.4) is 0 Å². The number of nitrogens with zero attached hydrogens (tertiary/aromatic N) is 3. The highest BCUT2D eigenvalue weighted by atomic mass is 16.3. The van der Waals surface area contributed by atoms with Gasteiger partial charge in [0.05, 0.1) is 33.3 Å². The van der Waals surface area contributed by atoms with Gasteiger partial charge in [-0.05, 0) is 42.5 Å². The van der Waals surface area contributed by atoms with E-state index < -0.39 is 0 Å². The predicted molar refractivity (Wildman–Crippen MR) is 193 cm³/mol. The topological polar surface area (TPSA) is 46.8 Å². The zero-order valence-corrected chi connectivity index (χ0v) is 25.2. The van der Waals surface area contributed by atoms with Gasteiger partial charge in [-0.3, -0.25) is 0 Å². The Balaban J connectivity index is 1.33. The monoisotopic (exact) mass is 599 g/mol.